The Bertz CT molecular complexity index is 1340. The molecule has 0 saturated carbocycles. The first-order valence-electron chi connectivity index (χ1n) is 13.9. The number of alkyl carbamates (subject to hydrolysis) is 1. The first-order valence-corrected chi connectivity index (χ1v) is 14.9. The SMILES string of the molecule is COC(=O)c1cccc(NCC(CSC(c2ccccc2)(c2ccccc2)c2ccccc2)NC(=O)OC(C)(C)C)c1. The van der Waals surface area contributed by atoms with E-state index in [2.05, 4.69) is 83.4 Å². The number of methoxy groups -OCH3 is 1. The average molecular weight is 583 g/mol. The van der Waals surface area contributed by atoms with Crippen LogP contribution in [0, 0.1) is 0 Å². The van der Waals surface area contributed by atoms with Crippen molar-refractivity contribution >= 4 is 29.5 Å². The van der Waals surface area contributed by atoms with Gasteiger partial charge in [-0.3, -0.25) is 0 Å². The summed E-state index contributed by atoms with van der Waals surface area (Å²) in [5.41, 5.74) is 3.99. The van der Waals surface area contributed by atoms with Crippen LogP contribution in [0.3, 0.4) is 0 Å². The minimum Gasteiger partial charge on any atom is -0.465 e. The molecule has 0 spiro atoms. The lowest BCUT2D eigenvalue weighted by Gasteiger charge is -2.37. The fraction of sp³-hybridized carbons (Fsp3) is 0.257. The van der Waals surface area contributed by atoms with Gasteiger partial charge in [0.1, 0.15) is 5.60 Å². The fourth-order valence-corrected chi connectivity index (χ4v) is 6.30. The van der Waals surface area contributed by atoms with E-state index < -0.39 is 22.4 Å². The molecule has 1 amide bonds. The van der Waals surface area contributed by atoms with Gasteiger partial charge in [0.2, 0.25) is 0 Å². The van der Waals surface area contributed by atoms with Gasteiger partial charge in [-0.1, -0.05) is 97.1 Å². The van der Waals surface area contributed by atoms with Crippen LogP contribution in [-0.4, -0.2) is 43.1 Å². The molecule has 4 rings (SSSR count). The minimum atomic E-state index is -0.633. The van der Waals surface area contributed by atoms with Crippen LogP contribution in [0.2, 0.25) is 0 Å². The molecule has 0 bridgehead atoms. The molecule has 7 heteroatoms. The van der Waals surface area contributed by atoms with Gasteiger partial charge in [0, 0.05) is 18.0 Å². The number of benzene rings is 4. The largest absolute Gasteiger partial charge is 0.465 e. The first kappa shape index (κ1) is 30.7. The highest BCUT2D eigenvalue weighted by Gasteiger charge is 2.37. The van der Waals surface area contributed by atoms with Crippen molar-refractivity contribution in [2.24, 2.45) is 0 Å². The number of amides is 1. The van der Waals surface area contributed by atoms with Gasteiger partial charge >= 0.3 is 12.1 Å². The molecule has 0 heterocycles. The predicted molar refractivity (Wildman–Crippen MR) is 171 cm³/mol. The Morgan fingerprint density at radius 3 is 1.76 bits per heavy atom. The third kappa shape index (κ3) is 7.95. The van der Waals surface area contributed by atoms with Crippen molar-refractivity contribution in [3.63, 3.8) is 0 Å². The smallest absolute Gasteiger partial charge is 0.407 e. The van der Waals surface area contributed by atoms with Gasteiger partial charge in [-0.2, -0.15) is 0 Å². The van der Waals surface area contributed by atoms with E-state index >= 15 is 0 Å². The highest BCUT2D eigenvalue weighted by molar-refractivity contribution is 8.00. The molecule has 0 aliphatic heterocycles. The molecule has 1 atom stereocenters. The molecule has 4 aromatic rings. The van der Waals surface area contributed by atoms with Crippen LogP contribution < -0.4 is 10.6 Å². The Hall–Kier alpha value is -4.23. The molecule has 6 nitrogen and oxygen atoms in total. The summed E-state index contributed by atoms with van der Waals surface area (Å²) in [6.45, 7) is 5.94. The lowest BCUT2D eigenvalue weighted by atomic mass is 9.84. The number of carbonyl (C=O) groups is 2. The van der Waals surface area contributed by atoms with Gasteiger partial charge in [-0.25, -0.2) is 9.59 Å². The number of anilines is 1. The van der Waals surface area contributed by atoms with Crippen LogP contribution in [0.5, 0.6) is 0 Å². The maximum absolute atomic E-state index is 13.0. The normalized spacial score (nSPS) is 12.2. The molecule has 0 fully saturated rings. The molecule has 0 aliphatic carbocycles. The number of esters is 1. The third-order valence-electron chi connectivity index (χ3n) is 6.60. The predicted octanol–water partition coefficient (Wildman–Crippen LogP) is 7.50. The number of thioether (sulfide) groups is 1. The first-order chi connectivity index (χ1) is 20.2. The van der Waals surface area contributed by atoms with Gasteiger partial charge in [0.15, 0.2) is 0 Å². The topological polar surface area (TPSA) is 76.7 Å². The van der Waals surface area contributed by atoms with Crippen molar-refractivity contribution < 1.29 is 19.1 Å². The molecule has 218 valence electrons. The van der Waals surface area contributed by atoms with E-state index in [1.54, 1.807) is 30.0 Å². The molecular formula is C35H38N2O4S. The second kappa shape index (κ2) is 14.1. The Morgan fingerprint density at radius 2 is 1.29 bits per heavy atom. The zero-order valence-corrected chi connectivity index (χ0v) is 25.3. The van der Waals surface area contributed by atoms with E-state index in [1.165, 1.54) is 7.11 Å². The Kier molecular flexibility index (Phi) is 10.3. The third-order valence-corrected chi connectivity index (χ3v) is 8.31. The van der Waals surface area contributed by atoms with E-state index in [-0.39, 0.29) is 6.04 Å². The van der Waals surface area contributed by atoms with Gasteiger partial charge in [-0.05, 0) is 55.7 Å². The summed E-state index contributed by atoms with van der Waals surface area (Å²) in [7, 11) is 1.36. The highest BCUT2D eigenvalue weighted by atomic mass is 32.2. The summed E-state index contributed by atoms with van der Waals surface area (Å²) in [6, 6.07) is 38.1. The lowest BCUT2D eigenvalue weighted by molar-refractivity contribution is 0.0511. The highest BCUT2D eigenvalue weighted by Crippen LogP contribution is 2.48. The second-order valence-electron chi connectivity index (χ2n) is 10.9. The van der Waals surface area contributed by atoms with Gasteiger partial charge in [0.25, 0.3) is 0 Å². The zero-order chi connectivity index (χ0) is 30.0. The van der Waals surface area contributed by atoms with Crippen LogP contribution in [0.4, 0.5) is 10.5 Å². The Balaban J connectivity index is 1.68. The summed E-state index contributed by atoms with van der Waals surface area (Å²) in [4.78, 5) is 25.0. The van der Waals surface area contributed by atoms with Crippen molar-refractivity contribution in [2.75, 3.05) is 24.7 Å². The Labute approximate surface area is 252 Å². The number of hydrogen-bond donors (Lipinski definition) is 2. The summed E-state index contributed by atoms with van der Waals surface area (Å²) < 4.78 is 9.96. The van der Waals surface area contributed by atoms with E-state index in [4.69, 9.17) is 9.47 Å². The standard InChI is InChI=1S/C35H38N2O4S/c1-34(2,3)41-33(39)37-31(24-36-30-22-14-15-26(23-30)32(38)40-4)25-42-35(27-16-8-5-9-17-27,28-18-10-6-11-19-28)29-20-12-7-13-21-29/h5-23,31,36H,24-25H2,1-4H3,(H,37,39). The van der Waals surface area contributed by atoms with Crippen LogP contribution in [0.25, 0.3) is 0 Å². The number of hydrogen-bond acceptors (Lipinski definition) is 6. The Morgan fingerprint density at radius 1 is 0.762 bits per heavy atom. The molecular weight excluding hydrogens is 544 g/mol. The number of ether oxygens (including phenoxy) is 2. The van der Waals surface area contributed by atoms with Gasteiger partial charge in [-0.15, -0.1) is 11.8 Å². The summed E-state index contributed by atoms with van der Waals surface area (Å²) in [5, 5.41) is 6.48. The van der Waals surface area contributed by atoms with Crippen molar-refractivity contribution in [1.29, 1.82) is 0 Å². The maximum atomic E-state index is 13.0. The maximum Gasteiger partial charge on any atom is 0.407 e. The number of nitrogens with one attached hydrogen (secondary N) is 2. The van der Waals surface area contributed by atoms with Gasteiger partial charge < -0.3 is 20.1 Å². The van der Waals surface area contributed by atoms with Crippen LogP contribution in [0.15, 0.2) is 115 Å². The fourth-order valence-electron chi connectivity index (χ4n) is 4.74. The summed E-state index contributed by atoms with van der Waals surface area (Å²) in [6.07, 6.45) is -0.483. The average Bonchev–Trinajstić information content (AvgIpc) is 3.00. The van der Waals surface area contributed by atoms with Gasteiger partial charge in [0.05, 0.1) is 23.5 Å². The lowest BCUT2D eigenvalue weighted by Crippen LogP contribution is -2.45. The zero-order valence-electron chi connectivity index (χ0n) is 24.5. The molecule has 2 N–H and O–H groups in total. The molecule has 4 aromatic carbocycles. The molecule has 0 aromatic heterocycles. The summed E-state index contributed by atoms with van der Waals surface area (Å²) >= 11 is 1.76. The molecule has 0 saturated heterocycles. The van der Waals surface area contributed by atoms with E-state index in [9.17, 15) is 9.59 Å². The van der Waals surface area contributed by atoms with Crippen molar-refractivity contribution in [3.8, 4) is 0 Å². The second-order valence-corrected chi connectivity index (χ2v) is 12.1. The van der Waals surface area contributed by atoms with Crippen molar-refractivity contribution in [2.45, 2.75) is 37.2 Å². The number of rotatable bonds is 11. The van der Waals surface area contributed by atoms with Crippen molar-refractivity contribution in [1.82, 2.24) is 5.32 Å². The van der Waals surface area contributed by atoms with E-state index in [0.29, 0.717) is 17.9 Å². The van der Waals surface area contributed by atoms with Crippen LogP contribution >= 0.6 is 11.8 Å². The minimum absolute atomic E-state index is 0.317. The van der Waals surface area contributed by atoms with Crippen molar-refractivity contribution in [3.05, 3.63) is 138 Å². The quantitative estimate of drug-likeness (QED) is 0.141. The van der Waals surface area contributed by atoms with Crippen LogP contribution in [-0.2, 0) is 14.2 Å². The molecule has 1 unspecified atom stereocenters. The molecule has 0 radical (unpaired) electrons. The monoisotopic (exact) mass is 582 g/mol. The van der Waals surface area contributed by atoms with E-state index in [1.807, 2.05) is 45.0 Å². The van der Waals surface area contributed by atoms with E-state index in [0.717, 1.165) is 22.4 Å². The number of carbonyl (C=O) groups excluding carboxylic acids is 2. The summed E-state index contributed by atoms with van der Waals surface area (Å²) in [5.74, 6) is 0.151. The van der Waals surface area contributed by atoms with Crippen LogP contribution in [0.1, 0.15) is 47.8 Å². The molecule has 42 heavy (non-hydrogen) atoms. The molecule has 0 aliphatic rings.